The third-order valence-corrected chi connectivity index (χ3v) is 1.23. The summed E-state index contributed by atoms with van der Waals surface area (Å²) in [4.78, 5) is 0. The Bertz CT molecular complexity index is 75.5. The van der Waals surface area contributed by atoms with Crippen LogP contribution in [0.4, 0.5) is 0 Å². The van der Waals surface area contributed by atoms with Crippen LogP contribution in [0.3, 0.4) is 0 Å². The van der Waals surface area contributed by atoms with Gasteiger partial charge in [-0.15, -0.1) is 0 Å². The molecule has 0 spiro atoms. The lowest BCUT2D eigenvalue weighted by Crippen LogP contribution is -2.41. The minimum atomic E-state index is -0.134. The normalized spacial score (nSPS) is 15.7. The van der Waals surface area contributed by atoms with Crippen LogP contribution in [0.2, 0.25) is 0 Å². The van der Waals surface area contributed by atoms with E-state index in [4.69, 9.17) is 0 Å². The fourth-order valence-electron chi connectivity index (χ4n) is 0.761. The fourth-order valence-corrected chi connectivity index (χ4v) is 0.761. The van der Waals surface area contributed by atoms with Crippen molar-refractivity contribution in [2.45, 2.75) is 19.4 Å². The number of hydrogen-bond acceptors (Lipinski definition) is 1. The molecule has 0 aliphatic rings. The molecule has 0 amide bonds. The van der Waals surface area contributed by atoms with Crippen molar-refractivity contribution in [1.82, 2.24) is 0 Å². The van der Waals surface area contributed by atoms with Gasteiger partial charge >= 0.3 is 0 Å². The largest absolute Gasteiger partial charge is 0.387 e. The Morgan fingerprint density at radius 1 is 1.33 bits per heavy atom. The maximum absolute atomic E-state index is 9.18. The lowest BCUT2D eigenvalue weighted by atomic mass is 10.2. The third-order valence-electron chi connectivity index (χ3n) is 1.23. The van der Waals surface area contributed by atoms with Gasteiger partial charge in [0.25, 0.3) is 0 Å². The monoisotopic (exact) mass is 132 g/mol. The van der Waals surface area contributed by atoms with Crippen molar-refractivity contribution in [3.63, 3.8) is 0 Å². The first-order chi connectivity index (χ1) is 3.95. The van der Waals surface area contributed by atoms with Gasteiger partial charge in [0.05, 0.1) is 21.1 Å². The number of hydrogen-bond donors (Lipinski definition) is 1. The van der Waals surface area contributed by atoms with Gasteiger partial charge < -0.3 is 9.59 Å². The predicted molar refractivity (Wildman–Crippen MR) is 39.2 cm³/mol. The first-order valence-corrected chi connectivity index (χ1v) is 3.44. The number of aliphatic hydroxyl groups excluding tert-OH is 1. The molecule has 56 valence electrons. The van der Waals surface area contributed by atoms with Crippen molar-refractivity contribution in [3.05, 3.63) is 0 Å². The van der Waals surface area contributed by atoms with Gasteiger partial charge in [0.1, 0.15) is 12.6 Å². The van der Waals surface area contributed by atoms with Gasteiger partial charge in [0.15, 0.2) is 0 Å². The zero-order valence-electron chi connectivity index (χ0n) is 6.89. The average Bonchev–Trinajstić information content (AvgIpc) is 1.62. The van der Waals surface area contributed by atoms with Crippen LogP contribution in [0.15, 0.2) is 0 Å². The molecule has 0 aromatic heterocycles. The third kappa shape index (κ3) is 5.80. The second-order valence-corrected chi connectivity index (χ2v) is 3.53. The molecule has 0 unspecified atom stereocenters. The van der Waals surface area contributed by atoms with Crippen LogP contribution in [0.25, 0.3) is 0 Å². The number of nitrogens with zero attached hydrogens (tertiary/aromatic N) is 1. The summed E-state index contributed by atoms with van der Waals surface area (Å²) in [7, 11) is 6.25. The van der Waals surface area contributed by atoms with Crippen LogP contribution in [0.1, 0.15) is 13.3 Å². The summed E-state index contributed by atoms with van der Waals surface area (Å²) in [6.07, 6.45) is 0.722. The molecule has 0 aliphatic carbocycles. The molecule has 0 aliphatic heterocycles. The molecular weight excluding hydrogens is 114 g/mol. The molecular formula is C7H18NO+. The summed E-state index contributed by atoms with van der Waals surface area (Å²) < 4.78 is 0.842. The van der Waals surface area contributed by atoms with Crippen LogP contribution in [0.5, 0.6) is 0 Å². The average molecular weight is 132 g/mol. The fraction of sp³-hybridized carbons (Fsp3) is 1.00. The molecule has 0 rings (SSSR count). The van der Waals surface area contributed by atoms with Crippen LogP contribution >= 0.6 is 0 Å². The molecule has 0 aromatic carbocycles. The molecule has 9 heavy (non-hydrogen) atoms. The van der Waals surface area contributed by atoms with E-state index in [2.05, 4.69) is 21.1 Å². The molecule has 2 nitrogen and oxygen atoms in total. The van der Waals surface area contributed by atoms with Gasteiger partial charge in [-0.25, -0.2) is 0 Å². The number of rotatable bonds is 3. The Kier molecular flexibility index (Phi) is 3.15. The van der Waals surface area contributed by atoms with Gasteiger partial charge in [-0.05, 0) is 6.42 Å². The first-order valence-electron chi connectivity index (χ1n) is 3.44. The molecule has 0 saturated carbocycles. The van der Waals surface area contributed by atoms with Crippen LogP contribution in [-0.2, 0) is 0 Å². The maximum atomic E-state index is 9.18. The lowest BCUT2D eigenvalue weighted by Gasteiger charge is -2.26. The number of likely N-dealkylation sites (N-methyl/N-ethyl adjacent to an activating group) is 1. The minimum absolute atomic E-state index is 0.134. The molecule has 1 N–H and O–H groups in total. The summed E-state index contributed by atoms with van der Waals surface area (Å²) in [5, 5.41) is 9.18. The number of quaternary nitrogens is 1. The van der Waals surface area contributed by atoms with Gasteiger partial charge in [0.2, 0.25) is 0 Å². The Morgan fingerprint density at radius 2 is 1.78 bits per heavy atom. The van der Waals surface area contributed by atoms with E-state index in [9.17, 15) is 5.11 Å². The van der Waals surface area contributed by atoms with E-state index in [0.717, 1.165) is 17.4 Å². The van der Waals surface area contributed by atoms with Gasteiger partial charge in [-0.1, -0.05) is 6.92 Å². The van der Waals surface area contributed by atoms with Crippen LogP contribution in [-0.4, -0.2) is 43.4 Å². The van der Waals surface area contributed by atoms with Crippen molar-refractivity contribution in [2.24, 2.45) is 0 Å². The summed E-state index contributed by atoms with van der Waals surface area (Å²) >= 11 is 0. The standard InChI is InChI=1S/C7H18NO/c1-5-7(9)6-8(2,3)4/h7,9H,5-6H2,1-4H3/q+1/t7-/m1/s1. The Balaban J connectivity index is 3.47. The summed E-state index contributed by atoms with van der Waals surface area (Å²) in [5.74, 6) is 0. The Hall–Kier alpha value is -0.0800. The Labute approximate surface area is 57.7 Å². The zero-order chi connectivity index (χ0) is 7.49. The van der Waals surface area contributed by atoms with E-state index >= 15 is 0 Å². The van der Waals surface area contributed by atoms with Crippen molar-refractivity contribution < 1.29 is 9.59 Å². The van der Waals surface area contributed by atoms with E-state index in [1.54, 1.807) is 0 Å². The van der Waals surface area contributed by atoms with Crippen molar-refractivity contribution >= 4 is 0 Å². The van der Waals surface area contributed by atoms with Crippen LogP contribution < -0.4 is 0 Å². The predicted octanol–water partition coefficient (Wildman–Crippen LogP) is 0.464. The molecule has 0 heterocycles. The highest BCUT2D eigenvalue weighted by Crippen LogP contribution is 1.97. The summed E-state index contributed by atoms with van der Waals surface area (Å²) in [5.41, 5.74) is 0. The zero-order valence-corrected chi connectivity index (χ0v) is 6.89. The smallest absolute Gasteiger partial charge is 0.104 e. The van der Waals surface area contributed by atoms with E-state index in [1.807, 2.05) is 6.92 Å². The van der Waals surface area contributed by atoms with Gasteiger partial charge in [0, 0.05) is 0 Å². The van der Waals surface area contributed by atoms with Crippen molar-refractivity contribution in [3.8, 4) is 0 Å². The molecule has 0 bridgehead atoms. The minimum Gasteiger partial charge on any atom is -0.387 e. The first kappa shape index (κ1) is 8.92. The summed E-state index contributed by atoms with van der Waals surface area (Å²) in [6.45, 7) is 2.84. The maximum Gasteiger partial charge on any atom is 0.104 e. The number of aliphatic hydroxyl groups is 1. The molecule has 0 fully saturated rings. The van der Waals surface area contributed by atoms with Crippen LogP contribution in [0, 0.1) is 0 Å². The van der Waals surface area contributed by atoms with E-state index in [-0.39, 0.29) is 6.10 Å². The SMILES string of the molecule is CC[C@@H](O)C[N+](C)(C)C. The van der Waals surface area contributed by atoms with Crippen molar-refractivity contribution in [2.75, 3.05) is 27.7 Å². The van der Waals surface area contributed by atoms with E-state index < -0.39 is 0 Å². The topological polar surface area (TPSA) is 20.2 Å². The summed E-state index contributed by atoms with van der Waals surface area (Å²) in [6, 6.07) is 0. The van der Waals surface area contributed by atoms with E-state index in [1.165, 1.54) is 0 Å². The second-order valence-electron chi connectivity index (χ2n) is 3.53. The molecule has 0 radical (unpaired) electrons. The van der Waals surface area contributed by atoms with Gasteiger partial charge in [-0.2, -0.15) is 0 Å². The molecule has 1 atom stereocenters. The van der Waals surface area contributed by atoms with Crippen molar-refractivity contribution in [1.29, 1.82) is 0 Å². The highest BCUT2D eigenvalue weighted by atomic mass is 16.3. The molecule has 0 saturated heterocycles. The Morgan fingerprint density at radius 3 is 1.89 bits per heavy atom. The second kappa shape index (κ2) is 3.18. The quantitative estimate of drug-likeness (QED) is 0.553. The molecule has 0 aromatic rings. The highest BCUT2D eigenvalue weighted by molar-refractivity contribution is 4.47. The van der Waals surface area contributed by atoms with E-state index in [0.29, 0.717) is 0 Å². The molecule has 2 heteroatoms. The highest BCUT2D eigenvalue weighted by Gasteiger charge is 2.12. The van der Waals surface area contributed by atoms with Gasteiger partial charge in [-0.3, -0.25) is 0 Å². The lowest BCUT2D eigenvalue weighted by molar-refractivity contribution is -0.873.